The molecule has 3 aliphatic heterocycles. The van der Waals surface area contributed by atoms with E-state index < -0.39 is 0 Å². The Morgan fingerprint density at radius 2 is 1.73 bits per heavy atom. The first-order valence-electron chi connectivity index (χ1n) is 10.6. The fourth-order valence-electron chi connectivity index (χ4n) is 5.52. The molecular formula is C23H22N2O4S. The van der Waals surface area contributed by atoms with Crippen molar-refractivity contribution in [2.45, 2.75) is 51.2 Å². The molecule has 2 bridgehead atoms. The molecule has 1 N–H and O–H groups in total. The minimum Gasteiger partial charge on any atom is -0.373 e. The molecule has 154 valence electrons. The number of ether oxygens (including phenoxy) is 1. The second-order valence-corrected chi connectivity index (χ2v) is 9.80. The summed E-state index contributed by atoms with van der Waals surface area (Å²) in [6, 6.07) is 7.62. The zero-order chi connectivity index (χ0) is 20.6. The van der Waals surface area contributed by atoms with Crippen LogP contribution in [0.3, 0.4) is 0 Å². The van der Waals surface area contributed by atoms with Crippen molar-refractivity contribution in [1.29, 1.82) is 0 Å². The summed E-state index contributed by atoms with van der Waals surface area (Å²) >= 11 is 1.44. The largest absolute Gasteiger partial charge is 0.373 e. The van der Waals surface area contributed by atoms with Gasteiger partial charge in [-0.3, -0.25) is 14.4 Å². The third kappa shape index (κ3) is 2.48. The Hall–Kier alpha value is -2.51. The molecule has 0 unspecified atom stereocenters. The van der Waals surface area contributed by atoms with E-state index in [1.165, 1.54) is 16.2 Å². The quantitative estimate of drug-likeness (QED) is 0.769. The minimum atomic E-state index is -0.388. The van der Waals surface area contributed by atoms with Crippen molar-refractivity contribution >= 4 is 39.7 Å². The van der Waals surface area contributed by atoms with Gasteiger partial charge >= 0.3 is 0 Å². The molecule has 3 fully saturated rings. The number of nitrogens with zero attached hydrogens (tertiary/aromatic N) is 1. The zero-order valence-corrected chi connectivity index (χ0v) is 17.5. The topological polar surface area (TPSA) is 75.7 Å². The number of thiophene rings is 1. The van der Waals surface area contributed by atoms with Gasteiger partial charge in [-0.15, -0.1) is 11.3 Å². The molecule has 0 spiro atoms. The summed E-state index contributed by atoms with van der Waals surface area (Å²) in [5.41, 5.74) is 3.32. The Balaban J connectivity index is 1.39. The average Bonchev–Trinajstić information content (AvgIpc) is 3.50. The van der Waals surface area contributed by atoms with Gasteiger partial charge in [-0.2, -0.15) is 0 Å². The molecule has 4 heterocycles. The molecule has 0 radical (unpaired) electrons. The van der Waals surface area contributed by atoms with Crippen LogP contribution < -0.4 is 10.2 Å². The second-order valence-electron chi connectivity index (χ2n) is 8.71. The lowest BCUT2D eigenvalue weighted by molar-refractivity contribution is -0.124. The number of benzene rings is 1. The van der Waals surface area contributed by atoms with Crippen LogP contribution in [-0.4, -0.2) is 29.9 Å². The number of hydrogen-bond acceptors (Lipinski definition) is 5. The van der Waals surface area contributed by atoms with E-state index in [0.29, 0.717) is 16.3 Å². The van der Waals surface area contributed by atoms with Crippen LogP contribution in [0.1, 0.15) is 45.6 Å². The monoisotopic (exact) mass is 422 g/mol. The summed E-state index contributed by atoms with van der Waals surface area (Å²) in [6.45, 7) is 1.99. The summed E-state index contributed by atoms with van der Waals surface area (Å²) in [5.74, 6) is -1.41. The Bertz CT molecular complexity index is 1060. The van der Waals surface area contributed by atoms with Crippen molar-refractivity contribution in [3.8, 4) is 0 Å². The molecule has 2 aromatic rings. The predicted octanol–water partition coefficient (Wildman–Crippen LogP) is 3.46. The number of anilines is 2. The molecule has 1 aromatic heterocycles. The number of hydrogen-bond donors (Lipinski definition) is 1. The number of carbonyl (C=O) groups is 3. The SMILES string of the molecule is Cc1ccc(NC(=O)c2c(N3C(=O)[C@@H]4[C@H](C3=O)[C@@H]3CC[C@@H]4O3)sc3c2CCC3)cc1. The maximum absolute atomic E-state index is 13.3. The third-order valence-electron chi connectivity index (χ3n) is 6.93. The number of amides is 3. The summed E-state index contributed by atoms with van der Waals surface area (Å²) in [4.78, 5) is 42.3. The van der Waals surface area contributed by atoms with Crippen LogP contribution in [0.2, 0.25) is 0 Å². The van der Waals surface area contributed by atoms with E-state index >= 15 is 0 Å². The van der Waals surface area contributed by atoms with Crippen molar-refractivity contribution in [2.75, 3.05) is 10.2 Å². The normalized spacial score (nSPS) is 28.9. The molecule has 6 nitrogen and oxygen atoms in total. The molecule has 7 heteroatoms. The standard InChI is InChI=1S/C23H22N2O4S/c1-11-5-7-12(8-6-11)24-20(26)17-13-3-2-4-16(13)30-23(17)25-21(27)18-14-9-10-15(29-14)19(18)22(25)28/h5-8,14-15,18-19H,2-4,9-10H2,1H3,(H,24,26)/t14-,15-,18-,19+/m0/s1. The second kappa shape index (κ2) is 6.49. The van der Waals surface area contributed by atoms with Gasteiger partial charge in [0.1, 0.15) is 5.00 Å². The van der Waals surface area contributed by atoms with Crippen LogP contribution in [0, 0.1) is 18.8 Å². The van der Waals surface area contributed by atoms with Crippen LogP contribution in [-0.2, 0) is 27.2 Å². The van der Waals surface area contributed by atoms with E-state index in [-0.39, 0.29) is 41.8 Å². The van der Waals surface area contributed by atoms with E-state index in [0.717, 1.165) is 48.1 Å². The third-order valence-corrected chi connectivity index (χ3v) is 8.20. The molecule has 3 amide bonds. The van der Waals surface area contributed by atoms with Gasteiger partial charge in [-0.05, 0) is 56.7 Å². The highest BCUT2D eigenvalue weighted by Crippen LogP contribution is 2.52. The van der Waals surface area contributed by atoms with Crippen molar-refractivity contribution in [1.82, 2.24) is 0 Å². The first kappa shape index (κ1) is 18.3. The van der Waals surface area contributed by atoms with E-state index in [1.54, 1.807) is 0 Å². The van der Waals surface area contributed by atoms with Crippen LogP contribution in [0.5, 0.6) is 0 Å². The molecule has 0 saturated carbocycles. The van der Waals surface area contributed by atoms with Crippen molar-refractivity contribution in [2.24, 2.45) is 11.8 Å². The van der Waals surface area contributed by atoms with Crippen LogP contribution in [0.15, 0.2) is 24.3 Å². The van der Waals surface area contributed by atoms with Crippen molar-refractivity contribution < 1.29 is 19.1 Å². The fourth-order valence-corrected chi connectivity index (χ4v) is 6.92. The summed E-state index contributed by atoms with van der Waals surface area (Å²) < 4.78 is 5.85. The average molecular weight is 423 g/mol. The van der Waals surface area contributed by atoms with Crippen LogP contribution in [0.4, 0.5) is 10.7 Å². The molecular weight excluding hydrogens is 400 g/mol. The molecule has 3 saturated heterocycles. The number of aryl methyl sites for hydroxylation is 2. The zero-order valence-electron chi connectivity index (χ0n) is 16.6. The minimum absolute atomic E-state index is 0.155. The maximum Gasteiger partial charge on any atom is 0.258 e. The Morgan fingerprint density at radius 3 is 2.40 bits per heavy atom. The molecule has 30 heavy (non-hydrogen) atoms. The smallest absolute Gasteiger partial charge is 0.258 e. The van der Waals surface area contributed by atoms with Gasteiger partial charge in [-0.25, -0.2) is 4.90 Å². The lowest BCUT2D eigenvalue weighted by Crippen LogP contribution is -2.35. The predicted molar refractivity (Wildman–Crippen MR) is 113 cm³/mol. The van der Waals surface area contributed by atoms with Gasteiger partial charge in [0.15, 0.2) is 0 Å². The molecule has 1 aliphatic carbocycles. The molecule has 4 atom stereocenters. The number of imide groups is 1. The Morgan fingerprint density at radius 1 is 1.07 bits per heavy atom. The highest BCUT2D eigenvalue weighted by Gasteiger charge is 2.63. The van der Waals surface area contributed by atoms with Crippen LogP contribution >= 0.6 is 11.3 Å². The number of nitrogens with one attached hydrogen (secondary N) is 1. The summed E-state index contributed by atoms with van der Waals surface area (Å²) in [5, 5.41) is 3.48. The highest BCUT2D eigenvalue weighted by molar-refractivity contribution is 7.17. The van der Waals surface area contributed by atoms with Gasteiger partial charge in [0.2, 0.25) is 11.8 Å². The summed E-state index contributed by atoms with van der Waals surface area (Å²) in [6.07, 6.45) is 4.05. The van der Waals surface area contributed by atoms with E-state index in [1.807, 2.05) is 31.2 Å². The lowest BCUT2D eigenvalue weighted by Gasteiger charge is -2.18. The van der Waals surface area contributed by atoms with Crippen LogP contribution in [0.25, 0.3) is 0 Å². The fraction of sp³-hybridized carbons (Fsp3) is 0.435. The lowest BCUT2D eigenvalue weighted by atomic mass is 9.81. The molecule has 1 aromatic carbocycles. The highest BCUT2D eigenvalue weighted by atomic mass is 32.1. The summed E-state index contributed by atoms with van der Waals surface area (Å²) in [7, 11) is 0. The van der Waals surface area contributed by atoms with Crippen molar-refractivity contribution in [3.63, 3.8) is 0 Å². The van der Waals surface area contributed by atoms with Gasteiger partial charge in [-0.1, -0.05) is 17.7 Å². The van der Waals surface area contributed by atoms with Gasteiger partial charge in [0, 0.05) is 10.6 Å². The van der Waals surface area contributed by atoms with Gasteiger partial charge < -0.3 is 10.1 Å². The van der Waals surface area contributed by atoms with E-state index in [4.69, 9.17) is 4.74 Å². The Kier molecular flexibility index (Phi) is 3.95. The van der Waals surface area contributed by atoms with Gasteiger partial charge in [0.25, 0.3) is 5.91 Å². The van der Waals surface area contributed by atoms with Crippen molar-refractivity contribution in [3.05, 3.63) is 45.8 Å². The van der Waals surface area contributed by atoms with E-state index in [9.17, 15) is 14.4 Å². The molecule has 6 rings (SSSR count). The number of carbonyl (C=O) groups excluding carboxylic acids is 3. The van der Waals surface area contributed by atoms with Gasteiger partial charge in [0.05, 0.1) is 29.6 Å². The number of fused-ring (bicyclic) bond motifs is 6. The molecule has 4 aliphatic rings. The van der Waals surface area contributed by atoms with E-state index in [2.05, 4.69) is 5.32 Å². The number of rotatable bonds is 3. The first-order valence-corrected chi connectivity index (χ1v) is 11.4. The Labute approximate surface area is 178 Å². The maximum atomic E-state index is 13.3. The first-order chi connectivity index (χ1) is 14.5.